The van der Waals surface area contributed by atoms with Crippen LogP contribution in [-0.4, -0.2) is 4.83 Å². The van der Waals surface area contributed by atoms with E-state index >= 15 is 0 Å². The standard InChI is InChI=1S/C14H18BrF3/c1-9-7-11(14(16,17)18)5-6-12(9)13(3,4)8-10(2)15/h5-7,10H,8H2,1-4H3. The second kappa shape index (κ2) is 5.24. The van der Waals surface area contributed by atoms with Crippen LogP contribution < -0.4 is 0 Å². The van der Waals surface area contributed by atoms with Crippen molar-refractivity contribution in [3.63, 3.8) is 0 Å². The summed E-state index contributed by atoms with van der Waals surface area (Å²) in [4.78, 5) is 0.328. The Hall–Kier alpha value is -0.510. The van der Waals surface area contributed by atoms with E-state index in [9.17, 15) is 13.2 Å². The molecule has 102 valence electrons. The Morgan fingerprint density at radius 1 is 1.22 bits per heavy atom. The van der Waals surface area contributed by atoms with Crippen LogP contribution in [0.2, 0.25) is 0 Å². The third-order valence-electron chi connectivity index (χ3n) is 3.07. The average Bonchev–Trinajstić information content (AvgIpc) is 2.13. The SMILES string of the molecule is Cc1cc(C(F)(F)F)ccc1C(C)(C)CC(C)Br. The number of hydrogen-bond donors (Lipinski definition) is 0. The number of alkyl halides is 4. The third-order valence-corrected chi connectivity index (χ3v) is 3.40. The Morgan fingerprint density at radius 3 is 2.17 bits per heavy atom. The number of aryl methyl sites for hydroxylation is 1. The zero-order valence-electron chi connectivity index (χ0n) is 11.0. The van der Waals surface area contributed by atoms with Crippen molar-refractivity contribution in [2.45, 2.75) is 50.5 Å². The van der Waals surface area contributed by atoms with Crippen LogP contribution in [0.1, 0.15) is 43.9 Å². The van der Waals surface area contributed by atoms with Gasteiger partial charge in [0, 0.05) is 4.83 Å². The molecule has 0 heterocycles. The Morgan fingerprint density at radius 2 is 1.78 bits per heavy atom. The first kappa shape index (κ1) is 15.5. The van der Waals surface area contributed by atoms with Crippen molar-refractivity contribution < 1.29 is 13.2 Å². The molecule has 0 N–H and O–H groups in total. The fourth-order valence-electron chi connectivity index (χ4n) is 2.41. The number of hydrogen-bond acceptors (Lipinski definition) is 0. The minimum atomic E-state index is -4.27. The Balaban J connectivity index is 3.13. The van der Waals surface area contributed by atoms with E-state index in [2.05, 4.69) is 29.8 Å². The molecule has 0 bridgehead atoms. The zero-order chi connectivity index (χ0) is 14.1. The summed E-state index contributed by atoms with van der Waals surface area (Å²) in [6.07, 6.45) is -3.39. The van der Waals surface area contributed by atoms with E-state index in [0.29, 0.717) is 10.4 Å². The Kier molecular flexibility index (Phi) is 4.52. The van der Waals surface area contributed by atoms with E-state index in [1.807, 2.05) is 6.92 Å². The van der Waals surface area contributed by atoms with Gasteiger partial charge >= 0.3 is 6.18 Å². The summed E-state index contributed by atoms with van der Waals surface area (Å²) in [5.41, 5.74) is 0.952. The lowest BCUT2D eigenvalue weighted by Crippen LogP contribution is -2.22. The largest absolute Gasteiger partial charge is 0.416 e. The van der Waals surface area contributed by atoms with Crippen molar-refractivity contribution in [3.8, 4) is 0 Å². The molecule has 0 aliphatic carbocycles. The third kappa shape index (κ3) is 3.74. The van der Waals surface area contributed by atoms with E-state index in [1.54, 1.807) is 13.0 Å². The van der Waals surface area contributed by atoms with Crippen molar-refractivity contribution in [2.75, 3.05) is 0 Å². The van der Waals surface area contributed by atoms with E-state index < -0.39 is 11.7 Å². The maximum atomic E-state index is 12.6. The van der Waals surface area contributed by atoms with E-state index in [1.165, 1.54) is 12.1 Å². The van der Waals surface area contributed by atoms with Gasteiger partial charge in [-0.25, -0.2) is 0 Å². The summed E-state index contributed by atoms with van der Waals surface area (Å²) >= 11 is 3.50. The van der Waals surface area contributed by atoms with Crippen molar-refractivity contribution >= 4 is 15.9 Å². The highest BCUT2D eigenvalue weighted by molar-refractivity contribution is 9.09. The van der Waals surface area contributed by atoms with Crippen LogP contribution in [-0.2, 0) is 11.6 Å². The molecular formula is C14H18BrF3. The van der Waals surface area contributed by atoms with Gasteiger partial charge in [-0.1, -0.05) is 42.8 Å². The van der Waals surface area contributed by atoms with Crippen LogP contribution in [0, 0.1) is 6.92 Å². The molecule has 1 aromatic rings. The van der Waals surface area contributed by atoms with Crippen LogP contribution in [0.4, 0.5) is 13.2 Å². The van der Waals surface area contributed by atoms with E-state index in [-0.39, 0.29) is 5.41 Å². The normalized spacial score (nSPS) is 14.7. The van der Waals surface area contributed by atoms with Gasteiger partial charge in [-0.15, -0.1) is 0 Å². The second-order valence-electron chi connectivity index (χ2n) is 5.40. The van der Waals surface area contributed by atoms with Gasteiger partial charge in [0.2, 0.25) is 0 Å². The lowest BCUT2D eigenvalue weighted by molar-refractivity contribution is -0.137. The first-order chi connectivity index (χ1) is 8.04. The molecule has 0 spiro atoms. The van der Waals surface area contributed by atoms with Gasteiger partial charge in [0.15, 0.2) is 0 Å². The lowest BCUT2D eigenvalue weighted by atomic mass is 9.78. The molecule has 0 nitrogen and oxygen atoms in total. The molecule has 18 heavy (non-hydrogen) atoms. The quantitative estimate of drug-likeness (QED) is 0.648. The number of halogens is 4. The Labute approximate surface area is 115 Å². The molecule has 0 aromatic heterocycles. The van der Waals surface area contributed by atoms with E-state index in [4.69, 9.17) is 0 Å². The predicted molar refractivity (Wildman–Crippen MR) is 72.2 cm³/mol. The summed E-state index contributed by atoms with van der Waals surface area (Å²) in [7, 11) is 0. The van der Waals surface area contributed by atoms with Crippen molar-refractivity contribution in [1.82, 2.24) is 0 Å². The first-order valence-corrected chi connectivity index (χ1v) is 6.78. The highest BCUT2D eigenvalue weighted by Crippen LogP contribution is 2.36. The van der Waals surface area contributed by atoms with Gasteiger partial charge in [0.25, 0.3) is 0 Å². The lowest BCUT2D eigenvalue weighted by Gasteiger charge is -2.29. The van der Waals surface area contributed by atoms with Crippen LogP contribution in [0.3, 0.4) is 0 Å². The summed E-state index contributed by atoms with van der Waals surface area (Å²) < 4.78 is 37.8. The fourth-order valence-corrected chi connectivity index (χ4v) is 3.22. The van der Waals surface area contributed by atoms with Gasteiger partial charge in [-0.3, -0.25) is 0 Å². The molecule has 0 amide bonds. The molecular weight excluding hydrogens is 305 g/mol. The van der Waals surface area contributed by atoms with Gasteiger partial charge in [0.1, 0.15) is 0 Å². The van der Waals surface area contributed by atoms with E-state index in [0.717, 1.165) is 12.0 Å². The molecule has 1 unspecified atom stereocenters. The highest BCUT2D eigenvalue weighted by atomic mass is 79.9. The van der Waals surface area contributed by atoms with Gasteiger partial charge in [-0.2, -0.15) is 13.2 Å². The fraction of sp³-hybridized carbons (Fsp3) is 0.571. The Bertz CT molecular complexity index is 420. The molecule has 0 saturated carbocycles. The predicted octanol–water partition coefficient (Wildman–Crippen LogP) is 5.46. The molecule has 0 saturated heterocycles. The van der Waals surface area contributed by atoms with Crippen molar-refractivity contribution in [2.24, 2.45) is 0 Å². The molecule has 0 aliphatic rings. The molecule has 0 fully saturated rings. The summed E-state index contributed by atoms with van der Waals surface area (Å²) in [6, 6.07) is 4.01. The summed E-state index contributed by atoms with van der Waals surface area (Å²) in [5.74, 6) is 0. The molecule has 1 atom stereocenters. The summed E-state index contributed by atoms with van der Waals surface area (Å²) in [6.45, 7) is 7.90. The van der Waals surface area contributed by atoms with Gasteiger partial charge in [0.05, 0.1) is 5.56 Å². The molecule has 4 heteroatoms. The van der Waals surface area contributed by atoms with Crippen LogP contribution >= 0.6 is 15.9 Å². The minimum Gasteiger partial charge on any atom is -0.166 e. The summed E-state index contributed by atoms with van der Waals surface area (Å²) in [5, 5.41) is 0. The molecule has 0 radical (unpaired) electrons. The van der Waals surface area contributed by atoms with Crippen LogP contribution in [0.25, 0.3) is 0 Å². The second-order valence-corrected chi connectivity index (χ2v) is 6.96. The van der Waals surface area contributed by atoms with Gasteiger partial charge in [-0.05, 0) is 42.0 Å². The smallest absolute Gasteiger partial charge is 0.166 e. The number of benzene rings is 1. The average molecular weight is 323 g/mol. The van der Waals surface area contributed by atoms with Gasteiger partial charge < -0.3 is 0 Å². The number of rotatable bonds is 3. The first-order valence-electron chi connectivity index (χ1n) is 5.86. The van der Waals surface area contributed by atoms with Crippen LogP contribution in [0.15, 0.2) is 18.2 Å². The van der Waals surface area contributed by atoms with Crippen molar-refractivity contribution in [3.05, 3.63) is 34.9 Å². The van der Waals surface area contributed by atoms with Crippen LogP contribution in [0.5, 0.6) is 0 Å². The maximum Gasteiger partial charge on any atom is 0.416 e. The zero-order valence-corrected chi connectivity index (χ0v) is 12.6. The molecule has 1 rings (SSSR count). The molecule has 1 aromatic carbocycles. The maximum absolute atomic E-state index is 12.6. The molecule has 0 aliphatic heterocycles. The minimum absolute atomic E-state index is 0.142. The highest BCUT2D eigenvalue weighted by Gasteiger charge is 2.32. The topological polar surface area (TPSA) is 0 Å². The van der Waals surface area contributed by atoms with Crippen molar-refractivity contribution in [1.29, 1.82) is 0 Å². The monoisotopic (exact) mass is 322 g/mol.